The van der Waals surface area contributed by atoms with E-state index in [0.29, 0.717) is 0 Å². The Morgan fingerprint density at radius 1 is 1.38 bits per heavy atom. The molecule has 0 spiro atoms. The van der Waals surface area contributed by atoms with Crippen molar-refractivity contribution in [1.29, 1.82) is 0 Å². The average molecular weight is 239 g/mol. The Kier molecular flexibility index (Phi) is 5.85. The summed E-state index contributed by atoms with van der Waals surface area (Å²) < 4.78 is 0. The van der Waals surface area contributed by atoms with Gasteiger partial charge < -0.3 is 9.69 Å². The summed E-state index contributed by atoms with van der Waals surface area (Å²) in [7, 11) is 0. The van der Waals surface area contributed by atoms with Gasteiger partial charge in [0.1, 0.15) is 18.4 Å². The molecule has 5 heteroatoms. The molecule has 0 bridgehead atoms. The second kappa shape index (κ2) is 7.22. The number of aromatic nitrogens is 2. The van der Waals surface area contributed by atoms with Crippen LogP contribution in [0.3, 0.4) is 0 Å². The Bertz CT molecular complexity index is 316. The van der Waals surface area contributed by atoms with E-state index in [0.717, 1.165) is 36.9 Å². The van der Waals surface area contributed by atoms with Crippen LogP contribution in [0.2, 0.25) is 0 Å². The zero-order valence-electron chi connectivity index (χ0n) is 9.30. The van der Waals surface area contributed by atoms with E-state index >= 15 is 0 Å². The first-order valence-corrected chi connectivity index (χ1v) is 6.00. The molecule has 0 atom stereocenters. The van der Waals surface area contributed by atoms with Crippen LogP contribution in [0, 0.1) is 0 Å². The maximum Gasteiger partial charge on any atom is 0.132 e. The molecule has 1 aromatic rings. The molecular formula is C11H17N3OS. The van der Waals surface area contributed by atoms with E-state index in [9.17, 15) is 0 Å². The Morgan fingerprint density at radius 3 is 2.69 bits per heavy atom. The van der Waals surface area contributed by atoms with E-state index in [1.165, 1.54) is 12.8 Å². The molecule has 0 N–H and O–H groups in total. The maximum absolute atomic E-state index is 8.00. The second-order valence-electron chi connectivity index (χ2n) is 3.50. The van der Waals surface area contributed by atoms with Gasteiger partial charge in [-0.05, 0) is 24.7 Å². The van der Waals surface area contributed by atoms with Gasteiger partial charge in [-0.1, -0.05) is 0 Å². The number of nitrogens with zero attached hydrogens (tertiary/aromatic N) is 3. The van der Waals surface area contributed by atoms with Crippen molar-refractivity contribution in [3.63, 3.8) is 0 Å². The minimum absolute atomic E-state index is 0.809. The topological polar surface area (TPSA) is 46.1 Å². The second-order valence-corrected chi connectivity index (χ2v) is 3.95. The van der Waals surface area contributed by atoms with Crippen LogP contribution in [-0.4, -0.2) is 35.6 Å². The van der Waals surface area contributed by atoms with Crippen LogP contribution >= 0.6 is 12.6 Å². The lowest BCUT2D eigenvalue weighted by molar-refractivity contribution is -0.0979. The number of rotatable bonds is 3. The Balaban J connectivity index is 0.000000606. The summed E-state index contributed by atoms with van der Waals surface area (Å²) in [4.78, 5) is 19.0. The summed E-state index contributed by atoms with van der Waals surface area (Å²) in [5.41, 5.74) is 0. The minimum Gasteiger partial charge on any atom is -0.357 e. The molecule has 1 fully saturated rings. The Labute approximate surface area is 102 Å². The van der Waals surface area contributed by atoms with Crippen LogP contribution < -0.4 is 4.90 Å². The van der Waals surface area contributed by atoms with Crippen molar-refractivity contribution in [2.45, 2.75) is 19.3 Å². The summed E-state index contributed by atoms with van der Waals surface area (Å²) in [5.74, 6) is 2.79. The predicted octanol–water partition coefficient (Wildman–Crippen LogP) is 1.36. The summed E-state index contributed by atoms with van der Waals surface area (Å²) in [6.45, 7) is 4.27. The summed E-state index contributed by atoms with van der Waals surface area (Å²) >= 11 is 4.18. The lowest BCUT2D eigenvalue weighted by atomic mass is 10.4. The molecule has 0 aliphatic carbocycles. The molecule has 1 aromatic heterocycles. The Hall–Kier alpha value is -1.10. The molecule has 0 radical (unpaired) electrons. The number of thiol groups is 1. The van der Waals surface area contributed by atoms with Crippen LogP contribution in [0.15, 0.2) is 12.3 Å². The molecule has 1 saturated heterocycles. The zero-order valence-corrected chi connectivity index (χ0v) is 10.2. The van der Waals surface area contributed by atoms with Crippen LogP contribution in [0.5, 0.6) is 0 Å². The lowest BCUT2D eigenvalue weighted by Gasteiger charge is -2.16. The first-order chi connectivity index (χ1) is 7.90. The molecule has 0 amide bonds. The van der Waals surface area contributed by atoms with E-state index in [1.807, 2.05) is 19.1 Å². The van der Waals surface area contributed by atoms with Gasteiger partial charge in [0.2, 0.25) is 0 Å². The number of anilines is 1. The number of carbonyl (C=O) groups is 1. The number of carbonyl (C=O) groups excluding carboxylic acids is 1. The highest BCUT2D eigenvalue weighted by Crippen LogP contribution is 2.16. The SMILES string of the molecule is C=O.SCCc1nccc(N2CCCC2)n1. The van der Waals surface area contributed by atoms with Crippen LogP contribution in [-0.2, 0) is 11.2 Å². The van der Waals surface area contributed by atoms with Crippen molar-refractivity contribution in [3.8, 4) is 0 Å². The van der Waals surface area contributed by atoms with Gasteiger partial charge in [-0.2, -0.15) is 12.6 Å². The molecule has 0 unspecified atom stereocenters. The van der Waals surface area contributed by atoms with Crippen LogP contribution in [0.1, 0.15) is 18.7 Å². The van der Waals surface area contributed by atoms with E-state index in [-0.39, 0.29) is 0 Å². The van der Waals surface area contributed by atoms with Gasteiger partial charge in [-0.25, -0.2) is 9.97 Å². The van der Waals surface area contributed by atoms with E-state index in [1.54, 1.807) is 0 Å². The zero-order chi connectivity index (χ0) is 11.8. The normalized spacial score (nSPS) is 14.4. The highest BCUT2D eigenvalue weighted by Gasteiger charge is 2.13. The van der Waals surface area contributed by atoms with Gasteiger partial charge in [0.15, 0.2) is 0 Å². The van der Waals surface area contributed by atoms with Crippen molar-refractivity contribution in [3.05, 3.63) is 18.1 Å². The fourth-order valence-corrected chi connectivity index (χ4v) is 1.93. The van der Waals surface area contributed by atoms with Crippen LogP contribution in [0.25, 0.3) is 0 Å². The fraction of sp³-hybridized carbons (Fsp3) is 0.545. The number of hydrogen-bond donors (Lipinski definition) is 1. The van der Waals surface area contributed by atoms with Crippen LogP contribution in [0.4, 0.5) is 5.82 Å². The van der Waals surface area contributed by atoms with E-state index in [4.69, 9.17) is 4.79 Å². The van der Waals surface area contributed by atoms with Gasteiger partial charge in [0, 0.05) is 25.7 Å². The van der Waals surface area contributed by atoms with Gasteiger partial charge in [-0.15, -0.1) is 0 Å². The molecule has 88 valence electrons. The molecule has 4 nitrogen and oxygen atoms in total. The van der Waals surface area contributed by atoms with Gasteiger partial charge in [-0.3, -0.25) is 0 Å². The van der Waals surface area contributed by atoms with Crippen molar-refractivity contribution in [2.24, 2.45) is 0 Å². The first kappa shape index (κ1) is 13.0. The summed E-state index contributed by atoms with van der Waals surface area (Å²) in [6.07, 6.45) is 5.27. The highest BCUT2D eigenvalue weighted by molar-refractivity contribution is 7.80. The maximum atomic E-state index is 8.00. The molecule has 2 heterocycles. The number of hydrogen-bond acceptors (Lipinski definition) is 5. The summed E-state index contributed by atoms with van der Waals surface area (Å²) in [5, 5.41) is 0. The van der Waals surface area contributed by atoms with Gasteiger partial charge in [0.05, 0.1) is 0 Å². The molecule has 2 rings (SSSR count). The third-order valence-corrected chi connectivity index (χ3v) is 2.68. The lowest BCUT2D eigenvalue weighted by Crippen LogP contribution is -2.19. The Morgan fingerprint density at radius 2 is 2.06 bits per heavy atom. The molecule has 1 aliphatic heterocycles. The quantitative estimate of drug-likeness (QED) is 0.809. The van der Waals surface area contributed by atoms with Crippen molar-refractivity contribution < 1.29 is 4.79 Å². The van der Waals surface area contributed by atoms with Gasteiger partial charge in [0.25, 0.3) is 0 Å². The van der Waals surface area contributed by atoms with Crippen molar-refractivity contribution in [1.82, 2.24) is 9.97 Å². The smallest absolute Gasteiger partial charge is 0.132 e. The number of aryl methyl sites for hydroxylation is 1. The van der Waals surface area contributed by atoms with Crippen molar-refractivity contribution >= 4 is 25.2 Å². The van der Waals surface area contributed by atoms with Gasteiger partial charge >= 0.3 is 0 Å². The molecule has 1 aliphatic rings. The largest absolute Gasteiger partial charge is 0.357 e. The summed E-state index contributed by atoms with van der Waals surface area (Å²) in [6, 6.07) is 1.99. The van der Waals surface area contributed by atoms with E-state index < -0.39 is 0 Å². The molecule has 16 heavy (non-hydrogen) atoms. The third kappa shape index (κ3) is 3.48. The standard InChI is InChI=1S/C10H15N3S.CH2O/c14-8-4-9-11-5-3-10(12-9)13-6-1-2-7-13;1-2/h3,5,14H,1-2,4,6-8H2;1H2. The van der Waals surface area contributed by atoms with Crippen molar-refractivity contribution in [2.75, 3.05) is 23.7 Å². The molecular weight excluding hydrogens is 222 g/mol. The predicted molar refractivity (Wildman–Crippen MR) is 68.2 cm³/mol. The monoisotopic (exact) mass is 239 g/mol. The molecule has 0 saturated carbocycles. The minimum atomic E-state index is 0.809. The fourth-order valence-electron chi connectivity index (χ4n) is 1.73. The molecule has 0 aromatic carbocycles. The van der Waals surface area contributed by atoms with E-state index in [2.05, 4.69) is 27.5 Å². The third-order valence-electron chi connectivity index (χ3n) is 2.46. The first-order valence-electron chi connectivity index (χ1n) is 5.37. The highest BCUT2D eigenvalue weighted by atomic mass is 32.1. The average Bonchev–Trinajstić information content (AvgIpc) is 2.86.